The Balaban J connectivity index is 1.40. The van der Waals surface area contributed by atoms with Crippen LogP contribution in [0.4, 0.5) is 0 Å². The van der Waals surface area contributed by atoms with E-state index in [-0.39, 0.29) is 5.41 Å². The van der Waals surface area contributed by atoms with Gasteiger partial charge in [0.1, 0.15) is 29.7 Å². The number of fused-ring (bicyclic) bond motifs is 1. The standard InChI is InChI=1S/C28H32N2O3/c1-28(2,3)21-13-15-22(16-14-21)32-18-8-17-30-26-12-6-5-11-25(26)29-27(30)20-33-24-10-7-9-23(19-24)31-4/h5-7,9-16,19H,8,17-18,20H2,1-4H3. The molecule has 4 rings (SSSR count). The molecule has 4 aromatic rings. The summed E-state index contributed by atoms with van der Waals surface area (Å²) in [4.78, 5) is 4.81. The Hall–Kier alpha value is -3.47. The quantitative estimate of drug-likeness (QED) is 0.281. The van der Waals surface area contributed by atoms with Crippen molar-refractivity contribution in [3.63, 3.8) is 0 Å². The van der Waals surface area contributed by atoms with Gasteiger partial charge in [0.25, 0.3) is 0 Å². The molecule has 0 saturated heterocycles. The largest absolute Gasteiger partial charge is 0.497 e. The number of ether oxygens (including phenoxy) is 3. The van der Waals surface area contributed by atoms with Crippen molar-refractivity contribution in [3.8, 4) is 17.2 Å². The van der Waals surface area contributed by atoms with Gasteiger partial charge in [-0.15, -0.1) is 0 Å². The zero-order chi connectivity index (χ0) is 23.3. The van der Waals surface area contributed by atoms with E-state index < -0.39 is 0 Å². The summed E-state index contributed by atoms with van der Waals surface area (Å²) in [6.07, 6.45) is 0.869. The van der Waals surface area contributed by atoms with Gasteiger partial charge in [-0.05, 0) is 53.8 Å². The molecule has 0 unspecified atom stereocenters. The Morgan fingerprint density at radius 3 is 2.33 bits per heavy atom. The monoisotopic (exact) mass is 444 g/mol. The molecule has 0 aliphatic carbocycles. The van der Waals surface area contributed by atoms with Gasteiger partial charge in [0.2, 0.25) is 0 Å². The Bertz CT molecular complexity index is 1190. The van der Waals surface area contributed by atoms with Crippen molar-refractivity contribution >= 4 is 11.0 Å². The zero-order valence-electron chi connectivity index (χ0n) is 19.9. The molecular weight excluding hydrogens is 412 g/mol. The Kier molecular flexibility index (Phi) is 6.87. The Morgan fingerprint density at radius 1 is 0.818 bits per heavy atom. The Labute approximate surface area is 195 Å². The maximum Gasteiger partial charge on any atom is 0.147 e. The lowest BCUT2D eigenvalue weighted by Crippen LogP contribution is -2.11. The molecule has 0 saturated carbocycles. The number of hydrogen-bond donors (Lipinski definition) is 0. The van der Waals surface area contributed by atoms with Crippen LogP contribution in [0.25, 0.3) is 11.0 Å². The number of nitrogens with zero attached hydrogens (tertiary/aromatic N) is 2. The van der Waals surface area contributed by atoms with E-state index in [1.54, 1.807) is 7.11 Å². The molecule has 0 fully saturated rings. The molecule has 33 heavy (non-hydrogen) atoms. The summed E-state index contributed by atoms with van der Waals surface area (Å²) in [5.74, 6) is 3.33. The molecule has 0 aliphatic rings. The minimum Gasteiger partial charge on any atom is -0.497 e. The average molecular weight is 445 g/mol. The first-order valence-corrected chi connectivity index (χ1v) is 11.4. The van der Waals surface area contributed by atoms with E-state index in [4.69, 9.17) is 19.2 Å². The molecule has 0 atom stereocenters. The third-order valence-electron chi connectivity index (χ3n) is 5.66. The van der Waals surface area contributed by atoms with Gasteiger partial charge in [0, 0.05) is 12.6 Å². The van der Waals surface area contributed by atoms with Gasteiger partial charge in [0.05, 0.1) is 24.8 Å². The van der Waals surface area contributed by atoms with Gasteiger partial charge in [-0.3, -0.25) is 0 Å². The number of aromatic nitrogens is 2. The van der Waals surface area contributed by atoms with Crippen LogP contribution in [-0.4, -0.2) is 23.3 Å². The second-order valence-electron chi connectivity index (χ2n) is 9.11. The fourth-order valence-electron chi connectivity index (χ4n) is 3.79. The van der Waals surface area contributed by atoms with Gasteiger partial charge < -0.3 is 18.8 Å². The lowest BCUT2D eigenvalue weighted by molar-refractivity contribution is 0.279. The molecule has 5 nitrogen and oxygen atoms in total. The van der Waals surface area contributed by atoms with E-state index in [0.717, 1.165) is 47.1 Å². The van der Waals surface area contributed by atoms with Crippen molar-refractivity contribution in [1.82, 2.24) is 9.55 Å². The number of imidazole rings is 1. The molecule has 3 aromatic carbocycles. The summed E-state index contributed by atoms with van der Waals surface area (Å²) in [6.45, 7) is 8.47. The van der Waals surface area contributed by atoms with Gasteiger partial charge in [-0.2, -0.15) is 0 Å². The van der Waals surface area contributed by atoms with Crippen LogP contribution in [0.3, 0.4) is 0 Å². The molecule has 0 N–H and O–H groups in total. The highest BCUT2D eigenvalue weighted by atomic mass is 16.5. The zero-order valence-corrected chi connectivity index (χ0v) is 19.9. The first-order chi connectivity index (χ1) is 15.9. The van der Waals surface area contributed by atoms with Gasteiger partial charge >= 0.3 is 0 Å². The maximum atomic E-state index is 6.02. The molecule has 1 heterocycles. The molecule has 1 aromatic heterocycles. The van der Waals surface area contributed by atoms with Crippen LogP contribution in [0.5, 0.6) is 17.2 Å². The fourth-order valence-corrected chi connectivity index (χ4v) is 3.79. The van der Waals surface area contributed by atoms with Crippen LogP contribution in [0.15, 0.2) is 72.8 Å². The number of hydrogen-bond acceptors (Lipinski definition) is 4. The van der Waals surface area contributed by atoms with Crippen molar-refractivity contribution in [1.29, 1.82) is 0 Å². The van der Waals surface area contributed by atoms with Crippen molar-refractivity contribution in [2.45, 2.75) is 45.8 Å². The lowest BCUT2D eigenvalue weighted by atomic mass is 9.87. The minimum atomic E-state index is 0.143. The topological polar surface area (TPSA) is 45.5 Å². The highest BCUT2D eigenvalue weighted by molar-refractivity contribution is 5.75. The Morgan fingerprint density at radius 2 is 1.58 bits per heavy atom. The van der Waals surface area contributed by atoms with Crippen molar-refractivity contribution in [2.75, 3.05) is 13.7 Å². The number of rotatable bonds is 9. The molecule has 0 spiro atoms. The molecule has 0 radical (unpaired) electrons. The number of para-hydroxylation sites is 2. The smallest absolute Gasteiger partial charge is 0.147 e. The van der Waals surface area contributed by atoms with Crippen molar-refractivity contribution < 1.29 is 14.2 Å². The molecule has 0 aliphatic heterocycles. The second-order valence-corrected chi connectivity index (χ2v) is 9.11. The molecule has 5 heteroatoms. The van der Waals surface area contributed by atoms with Gasteiger partial charge in [-0.25, -0.2) is 4.98 Å². The normalized spacial score (nSPS) is 11.5. The van der Waals surface area contributed by atoms with E-state index in [2.05, 4.69) is 55.7 Å². The SMILES string of the molecule is COc1cccc(OCc2nc3ccccc3n2CCCOc2ccc(C(C)(C)C)cc2)c1. The van der Waals surface area contributed by atoms with Crippen LogP contribution < -0.4 is 14.2 Å². The third-order valence-corrected chi connectivity index (χ3v) is 5.66. The minimum absolute atomic E-state index is 0.143. The van der Waals surface area contributed by atoms with Crippen LogP contribution in [0.1, 0.15) is 38.6 Å². The maximum absolute atomic E-state index is 6.02. The summed E-state index contributed by atoms with van der Waals surface area (Å²) >= 11 is 0. The average Bonchev–Trinajstić information content (AvgIpc) is 3.18. The van der Waals surface area contributed by atoms with E-state index in [1.165, 1.54) is 5.56 Å². The van der Waals surface area contributed by atoms with Crippen LogP contribution >= 0.6 is 0 Å². The molecule has 172 valence electrons. The molecular formula is C28H32N2O3. The van der Waals surface area contributed by atoms with Crippen LogP contribution in [0, 0.1) is 0 Å². The highest BCUT2D eigenvalue weighted by Gasteiger charge is 2.13. The van der Waals surface area contributed by atoms with E-state index in [9.17, 15) is 0 Å². The first-order valence-electron chi connectivity index (χ1n) is 11.4. The van der Waals surface area contributed by atoms with Gasteiger partial charge in [-0.1, -0.05) is 51.1 Å². The lowest BCUT2D eigenvalue weighted by Gasteiger charge is -2.19. The van der Waals surface area contributed by atoms with E-state index in [1.807, 2.05) is 42.5 Å². The van der Waals surface area contributed by atoms with Gasteiger partial charge in [0.15, 0.2) is 0 Å². The second kappa shape index (κ2) is 9.99. The summed E-state index contributed by atoms with van der Waals surface area (Å²) in [5, 5.41) is 0. The summed E-state index contributed by atoms with van der Waals surface area (Å²) < 4.78 is 19.5. The summed E-state index contributed by atoms with van der Waals surface area (Å²) in [7, 11) is 1.65. The van der Waals surface area contributed by atoms with Crippen molar-refractivity contribution in [3.05, 3.63) is 84.2 Å². The van der Waals surface area contributed by atoms with Crippen LogP contribution in [-0.2, 0) is 18.6 Å². The number of methoxy groups -OCH3 is 1. The van der Waals surface area contributed by atoms with Crippen LogP contribution in [0.2, 0.25) is 0 Å². The first kappa shape index (κ1) is 22.7. The van der Waals surface area contributed by atoms with Crippen molar-refractivity contribution in [2.24, 2.45) is 0 Å². The fraction of sp³-hybridized carbons (Fsp3) is 0.321. The number of benzene rings is 3. The molecule has 0 amide bonds. The predicted molar refractivity (Wildman–Crippen MR) is 132 cm³/mol. The van der Waals surface area contributed by atoms with E-state index in [0.29, 0.717) is 13.2 Å². The molecule has 0 bridgehead atoms. The summed E-state index contributed by atoms with van der Waals surface area (Å²) in [5.41, 5.74) is 3.53. The van der Waals surface area contributed by atoms with E-state index >= 15 is 0 Å². The summed E-state index contributed by atoms with van der Waals surface area (Å²) in [6, 6.07) is 24.2. The highest BCUT2D eigenvalue weighted by Crippen LogP contribution is 2.25. The third kappa shape index (κ3) is 5.67. The number of aryl methyl sites for hydroxylation is 1. The predicted octanol–water partition coefficient (Wildman–Crippen LogP) is 6.39.